The molecule has 0 unspecified atom stereocenters. The normalized spacial score (nSPS) is 11.6. The van der Waals surface area contributed by atoms with E-state index in [0.717, 1.165) is 34.2 Å². The lowest BCUT2D eigenvalue weighted by atomic mass is 9.91. The number of halogens is 3. The fourth-order valence-electron chi connectivity index (χ4n) is 5.09. The molecule has 2 heterocycles. The van der Waals surface area contributed by atoms with Crippen LogP contribution in [0.15, 0.2) is 85.2 Å². The van der Waals surface area contributed by atoms with Crippen molar-refractivity contribution in [2.75, 3.05) is 18.2 Å². The Bertz CT molecular complexity index is 2000. The summed E-state index contributed by atoms with van der Waals surface area (Å²) in [7, 11) is 1.56. The van der Waals surface area contributed by atoms with E-state index in [1.54, 1.807) is 31.5 Å². The first-order chi connectivity index (χ1) is 20.1. The highest BCUT2D eigenvalue weighted by atomic mass is 19.4. The number of H-pyrrole nitrogens is 1. The van der Waals surface area contributed by atoms with Gasteiger partial charge in [0.05, 0.1) is 23.8 Å². The Hall–Kier alpha value is -5.38. The van der Waals surface area contributed by atoms with Crippen LogP contribution in [0.4, 0.5) is 24.8 Å². The Kier molecular flexibility index (Phi) is 6.53. The number of methoxy groups -OCH3 is 1. The first-order valence-corrected chi connectivity index (χ1v) is 12.9. The number of alkyl halides is 3. The zero-order valence-electron chi connectivity index (χ0n) is 22.5. The highest BCUT2D eigenvalue weighted by molar-refractivity contribution is 6.07. The molecule has 4 aromatic carbocycles. The van der Waals surface area contributed by atoms with E-state index in [9.17, 15) is 18.0 Å². The fourth-order valence-corrected chi connectivity index (χ4v) is 5.09. The van der Waals surface area contributed by atoms with Gasteiger partial charge in [-0.3, -0.25) is 4.79 Å². The van der Waals surface area contributed by atoms with Gasteiger partial charge < -0.3 is 20.8 Å². The van der Waals surface area contributed by atoms with Gasteiger partial charge in [0, 0.05) is 40.1 Å². The van der Waals surface area contributed by atoms with E-state index < -0.39 is 17.6 Å². The van der Waals surface area contributed by atoms with Crippen molar-refractivity contribution in [1.29, 1.82) is 0 Å². The number of aromatic amines is 1. The van der Waals surface area contributed by atoms with Crippen LogP contribution in [0, 0.1) is 6.92 Å². The number of nitrogen functional groups attached to an aromatic ring is 1. The molecule has 6 aromatic rings. The van der Waals surface area contributed by atoms with Crippen molar-refractivity contribution < 1.29 is 22.7 Å². The minimum Gasteiger partial charge on any atom is -0.495 e. The van der Waals surface area contributed by atoms with Crippen LogP contribution in [0.2, 0.25) is 0 Å². The largest absolute Gasteiger partial charge is 0.495 e. The molecule has 0 saturated heterocycles. The lowest BCUT2D eigenvalue weighted by molar-refractivity contribution is -0.137. The van der Waals surface area contributed by atoms with Gasteiger partial charge in [-0.1, -0.05) is 18.2 Å². The number of ether oxygens (including phenoxy) is 1. The molecule has 7 nitrogen and oxygen atoms in total. The van der Waals surface area contributed by atoms with Gasteiger partial charge in [0.1, 0.15) is 5.75 Å². The summed E-state index contributed by atoms with van der Waals surface area (Å²) in [5.74, 6) is 0.0873. The van der Waals surface area contributed by atoms with Gasteiger partial charge in [0.2, 0.25) is 5.95 Å². The zero-order chi connectivity index (χ0) is 29.6. The minimum absolute atomic E-state index is 0.0393. The van der Waals surface area contributed by atoms with Crippen molar-refractivity contribution in [3.63, 3.8) is 0 Å². The van der Waals surface area contributed by atoms with Crippen molar-refractivity contribution in [3.05, 3.63) is 102 Å². The smallest absolute Gasteiger partial charge is 0.416 e. The highest BCUT2D eigenvalue weighted by Gasteiger charge is 2.30. The van der Waals surface area contributed by atoms with E-state index in [2.05, 4.69) is 20.3 Å². The van der Waals surface area contributed by atoms with Gasteiger partial charge >= 0.3 is 6.18 Å². The number of carbonyl (C=O) groups excluding carboxylic acids is 1. The number of anilines is 2. The van der Waals surface area contributed by atoms with Gasteiger partial charge in [-0.05, 0) is 83.6 Å². The molecule has 0 atom stereocenters. The van der Waals surface area contributed by atoms with Gasteiger partial charge in [0.25, 0.3) is 5.91 Å². The third-order valence-corrected chi connectivity index (χ3v) is 7.13. The van der Waals surface area contributed by atoms with Crippen molar-refractivity contribution in [2.45, 2.75) is 13.1 Å². The van der Waals surface area contributed by atoms with Crippen LogP contribution in [0.25, 0.3) is 44.1 Å². The van der Waals surface area contributed by atoms with Crippen molar-refractivity contribution in [2.24, 2.45) is 0 Å². The van der Waals surface area contributed by atoms with E-state index in [1.165, 1.54) is 12.1 Å². The van der Waals surface area contributed by atoms with E-state index in [-0.39, 0.29) is 17.2 Å². The average molecular weight is 568 g/mol. The standard InChI is InChI=1S/C32H24F3N5O2/c1-17-6-7-20(30(41)39-23-5-3-4-22(15-23)32(33,34)35)13-24(17)25-14-21-16-38-31(36)40-28(21)27(29(25)42-2)19-8-9-26-18(12-19)10-11-37-26/h3-16,37H,1-2H3,(H,39,41)(H2,36,38,40). The predicted octanol–water partition coefficient (Wildman–Crippen LogP) is 7.62. The predicted molar refractivity (Wildman–Crippen MR) is 157 cm³/mol. The molecule has 42 heavy (non-hydrogen) atoms. The quantitative estimate of drug-likeness (QED) is 0.199. The molecule has 0 radical (unpaired) electrons. The van der Waals surface area contributed by atoms with Gasteiger partial charge in [-0.15, -0.1) is 0 Å². The number of aromatic nitrogens is 3. The molecule has 0 saturated carbocycles. The number of aryl methyl sites for hydroxylation is 1. The number of amides is 1. The number of rotatable bonds is 5. The Balaban J connectivity index is 1.49. The second-order valence-corrected chi connectivity index (χ2v) is 9.84. The Morgan fingerprint density at radius 3 is 2.60 bits per heavy atom. The second kappa shape index (κ2) is 10.2. The lowest BCUT2D eigenvalue weighted by Crippen LogP contribution is -2.13. The van der Waals surface area contributed by atoms with Crippen molar-refractivity contribution in [3.8, 4) is 28.0 Å². The molecular weight excluding hydrogens is 543 g/mol. The molecule has 4 N–H and O–H groups in total. The van der Waals surface area contributed by atoms with Gasteiger partial charge in [-0.2, -0.15) is 13.2 Å². The molecule has 1 amide bonds. The minimum atomic E-state index is -4.53. The van der Waals surface area contributed by atoms with E-state index in [1.807, 2.05) is 43.5 Å². The summed E-state index contributed by atoms with van der Waals surface area (Å²) in [6, 6.07) is 19.4. The number of fused-ring (bicyclic) bond motifs is 2. The summed E-state index contributed by atoms with van der Waals surface area (Å²) >= 11 is 0. The zero-order valence-corrected chi connectivity index (χ0v) is 22.5. The number of benzene rings is 4. The monoisotopic (exact) mass is 567 g/mol. The van der Waals surface area contributed by atoms with Crippen molar-refractivity contribution in [1.82, 2.24) is 15.0 Å². The van der Waals surface area contributed by atoms with Crippen molar-refractivity contribution >= 4 is 39.3 Å². The molecule has 2 aromatic heterocycles. The number of nitrogens with zero attached hydrogens (tertiary/aromatic N) is 2. The first kappa shape index (κ1) is 26.8. The van der Waals surface area contributed by atoms with Crippen LogP contribution in [0.3, 0.4) is 0 Å². The fraction of sp³-hybridized carbons (Fsp3) is 0.0938. The third kappa shape index (κ3) is 4.87. The molecule has 0 aliphatic carbocycles. The molecule has 0 aliphatic heterocycles. The summed E-state index contributed by atoms with van der Waals surface area (Å²) in [5.41, 5.74) is 10.8. The van der Waals surface area contributed by atoms with Gasteiger partial charge in [0.15, 0.2) is 0 Å². The van der Waals surface area contributed by atoms with E-state index >= 15 is 0 Å². The van der Waals surface area contributed by atoms with Crippen LogP contribution in [0.1, 0.15) is 21.5 Å². The maximum atomic E-state index is 13.2. The number of carbonyl (C=O) groups is 1. The van der Waals surface area contributed by atoms with Crippen LogP contribution < -0.4 is 15.8 Å². The van der Waals surface area contributed by atoms with Gasteiger partial charge in [-0.25, -0.2) is 9.97 Å². The number of hydrogen-bond donors (Lipinski definition) is 3. The second-order valence-electron chi connectivity index (χ2n) is 9.84. The average Bonchev–Trinajstić information content (AvgIpc) is 3.44. The highest BCUT2D eigenvalue weighted by Crippen LogP contribution is 2.45. The molecule has 0 bridgehead atoms. The molecular formula is C32H24F3N5O2. The molecule has 210 valence electrons. The Morgan fingerprint density at radius 1 is 0.976 bits per heavy atom. The third-order valence-electron chi connectivity index (χ3n) is 7.13. The molecule has 0 spiro atoms. The summed E-state index contributed by atoms with van der Waals surface area (Å²) in [6.07, 6.45) is -1.03. The number of nitrogens with one attached hydrogen (secondary N) is 2. The maximum absolute atomic E-state index is 13.2. The lowest BCUT2D eigenvalue weighted by Gasteiger charge is -2.19. The number of nitrogens with two attached hydrogens (primary N) is 1. The van der Waals surface area contributed by atoms with Crippen LogP contribution in [-0.4, -0.2) is 28.0 Å². The molecule has 10 heteroatoms. The van der Waals surface area contributed by atoms with E-state index in [0.29, 0.717) is 33.3 Å². The molecule has 0 aliphatic rings. The van der Waals surface area contributed by atoms with Crippen LogP contribution in [0.5, 0.6) is 5.75 Å². The van der Waals surface area contributed by atoms with E-state index in [4.69, 9.17) is 10.5 Å². The Morgan fingerprint density at radius 2 is 1.81 bits per heavy atom. The maximum Gasteiger partial charge on any atom is 0.416 e. The molecule has 6 rings (SSSR count). The summed E-state index contributed by atoms with van der Waals surface area (Å²) in [6.45, 7) is 1.90. The Labute approximate surface area is 238 Å². The molecule has 0 fully saturated rings. The van der Waals surface area contributed by atoms with Crippen LogP contribution in [-0.2, 0) is 6.18 Å². The summed E-state index contributed by atoms with van der Waals surface area (Å²) in [5, 5.41) is 4.29. The topological polar surface area (TPSA) is 106 Å². The number of hydrogen-bond acceptors (Lipinski definition) is 5. The summed E-state index contributed by atoms with van der Waals surface area (Å²) < 4.78 is 45.6. The summed E-state index contributed by atoms with van der Waals surface area (Å²) in [4.78, 5) is 25.1. The van der Waals surface area contributed by atoms with Crippen LogP contribution >= 0.6 is 0 Å². The SMILES string of the molecule is COc1c(-c2cc(C(=O)Nc3cccc(C(F)(F)F)c3)ccc2C)cc2cnc(N)nc2c1-c1ccc2[nH]ccc2c1. The first-order valence-electron chi connectivity index (χ1n) is 12.9.